The van der Waals surface area contributed by atoms with Crippen LogP contribution in [0.15, 0.2) is 0 Å². The van der Waals surface area contributed by atoms with E-state index >= 15 is 0 Å². The van der Waals surface area contributed by atoms with Crippen molar-refractivity contribution in [2.45, 2.75) is 84.5 Å². The first-order valence-corrected chi connectivity index (χ1v) is 7.95. The lowest BCUT2D eigenvalue weighted by Crippen LogP contribution is -3.00. The standard InChI is InChI=1S/C15H34NO2.BrH/c1-3-5-6-7-8-9-10-11-12-13-15-16(17,18)14-4-2;/h17-18H,3-15H2,1-2H3;1H/q+1;/p-1. The van der Waals surface area contributed by atoms with E-state index in [0.29, 0.717) is 13.1 Å². The van der Waals surface area contributed by atoms with Gasteiger partial charge in [-0.15, -0.1) is 0 Å². The Morgan fingerprint density at radius 1 is 0.579 bits per heavy atom. The Bertz CT molecular complexity index is 178. The minimum Gasteiger partial charge on any atom is -1.00 e. The van der Waals surface area contributed by atoms with Gasteiger partial charge < -0.3 is 17.0 Å². The highest BCUT2D eigenvalue weighted by atomic mass is 79.9. The molecule has 19 heavy (non-hydrogen) atoms. The molecular weight excluding hydrogens is 306 g/mol. The van der Waals surface area contributed by atoms with Gasteiger partial charge in [-0.2, -0.15) is 10.4 Å². The van der Waals surface area contributed by atoms with Crippen LogP contribution in [0.5, 0.6) is 0 Å². The molecule has 3 nitrogen and oxygen atoms in total. The zero-order valence-corrected chi connectivity index (χ0v) is 14.5. The summed E-state index contributed by atoms with van der Waals surface area (Å²) in [5, 5.41) is 19.1. The fourth-order valence-electron chi connectivity index (χ4n) is 2.32. The first-order valence-electron chi connectivity index (χ1n) is 7.95. The smallest absolute Gasteiger partial charge is 0.142 e. The van der Waals surface area contributed by atoms with Crippen LogP contribution in [0.4, 0.5) is 0 Å². The van der Waals surface area contributed by atoms with Gasteiger partial charge in [0, 0.05) is 6.42 Å². The number of halogens is 1. The molecule has 0 amide bonds. The average Bonchev–Trinajstić information content (AvgIpc) is 2.31. The second kappa shape index (κ2) is 14.8. The van der Waals surface area contributed by atoms with Crippen molar-refractivity contribution in [3.8, 4) is 0 Å². The molecule has 118 valence electrons. The highest BCUT2D eigenvalue weighted by molar-refractivity contribution is 4.47. The molecule has 2 N–H and O–H groups in total. The van der Waals surface area contributed by atoms with Crippen LogP contribution in [-0.2, 0) is 0 Å². The van der Waals surface area contributed by atoms with Crippen LogP contribution in [0.2, 0.25) is 0 Å². The molecule has 0 bridgehead atoms. The summed E-state index contributed by atoms with van der Waals surface area (Å²) >= 11 is 0. The number of nitrogens with zero attached hydrogens (tertiary/aromatic N) is 1. The van der Waals surface area contributed by atoms with E-state index < -0.39 is 4.81 Å². The molecule has 0 aromatic carbocycles. The summed E-state index contributed by atoms with van der Waals surface area (Å²) in [4.78, 5) is -0.784. The van der Waals surface area contributed by atoms with E-state index in [9.17, 15) is 10.4 Å². The van der Waals surface area contributed by atoms with Gasteiger partial charge in [-0.25, -0.2) is 0 Å². The third-order valence-electron chi connectivity index (χ3n) is 3.45. The Kier molecular flexibility index (Phi) is 16.8. The molecule has 0 aromatic heterocycles. The summed E-state index contributed by atoms with van der Waals surface area (Å²) in [6.45, 7) is 5.14. The molecule has 0 radical (unpaired) electrons. The predicted molar refractivity (Wildman–Crippen MR) is 75.7 cm³/mol. The molecule has 0 aliphatic rings. The van der Waals surface area contributed by atoms with Crippen molar-refractivity contribution in [3.05, 3.63) is 0 Å². The van der Waals surface area contributed by atoms with E-state index in [0.717, 1.165) is 19.3 Å². The number of hydrogen-bond acceptors (Lipinski definition) is 2. The van der Waals surface area contributed by atoms with Crippen molar-refractivity contribution in [2.75, 3.05) is 13.1 Å². The first kappa shape index (κ1) is 21.7. The van der Waals surface area contributed by atoms with E-state index in [1.54, 1.807) is 0 Å². The summed E-state index contributed by atoms with van der Waals surface area (Å²) in [6, 6.07) is 0. The molecule has 0 unspecified atom stereocenters. The van der Waals surface area contributed by atoms with Gasteiger partial charge in [-0.3, -0.25) is 0 Å². The third kappa shape index (κ3) is 16.3. The first-order chi connectivity index (χ1) is 8.62. The second-order valence-corrected chi connectivity index (χ2v) is 5.51. The minimum absolute atomic E-state index is 0. The van der Waals surface area contributed by atoms with E-state index in [-0.39, 0.29) is 17.0 Å². The molecule has 4 heteroatoms. The van der Waals surface area contributed by atoms with Gasteiger partial charge in [-0.1, -0.05) is 65.2 Å². The predicted octanol–water partition coefficient (Wildman–Crippen LogP) is 1.92. The van der Waals surface area contributed by atoms with Crippen molar-refractivity contribution in [3.63, 3.8) is 0 Å². The summed E-state index contributed by atoms with van der Waals surface area (Å²) < 4.78 is 0. The largest absolute Gasteiger partial charge is 1.00 e. The summed E-state index contributed by atoms with van der Waals surface area (Å²) in [5.41, 5.74) is 0. The Hall–Kier alpha value is 0.360. The Balaban J connectivity index is 0. The Morgan fingerprint density at radius 2 is 1.00 bits per heavy atom. The van der Waals surface area contributed by atoms with Gasteiger partial charge in [-0.05, 0) is 17.7 Å². The van der Waals surface area contributed by atoms with Crippen molar-refractivity contribution in [1.82, 2.24) is 0 Å². The Labute approximate surface area is 130 Å². The van der Waals surface area contributed by atoms with Crippen LogP contribution in [0, 0.1) is 0 Å². The van der Waals surface area contributed by atoms with Crippen molar-refractivity contribution < 1.29 is 32.2 Å². The van der Waals surface area contributed by atoms with Gasteiger partial charge in [0.2, 0.25) is 0 Å². The van der Waals surface area contributed by atoms with Crippen LogP contribution in [0.1, 0.15) is 84.5 Å². The monoisotopic (exact) mass is 339 g/mol. The zero-order valence-electron chi connectivity index (χ0n) is 12.9. The third-order valence-corrected chi connectivity index (χ3v) is 3.45. The van der Waals surface area contributed by atoms with Crippen molar-refractivity contribution in [2.24, 2.45) is 0 Å². The molecule has 0 saturated carbocycles. The maximum absolute atomic E-state index is 9.53. The average molecular weight is 340 g/mol. The van der Waals surface area contributed by atoms with Gasteiger partial charge in [0.1, 0.15) is 13.1 Å². The lowest BCUT2D eigenvalue weighted by Gasteiger charge is -2.20. The molecule has 0 fully saturated rings. The highest BCUT2D eigenvalue weighted by Crippen LogP contribution is 2.11. The number of hydrogen-bond donors (Lipinski definition) is 2. The fraction of sp³-hybridized carbons (Fsp3) is 1.00. The molecule has 0 rings (SSSR count). The molecule has 0 aromatic rings. The van der Waals surface area contributed by atoms with Gasteiger partial charge >= 0.3 is 0 Å². The normalized spacial score (nSPS) is 11.4. The van der Waals surface area contributed by atoms with E-state index in [2.05, 4.69) is 6.92 Å². The molecule has 0 heterocycles. The van der Waals surface area contributed by atoms with Crippen LogP contribution in [-0.4, -0.2) is 28.3 Å². The summed E-state index contributed by atoms with van der Waals surface area (Å²) in [5.74, 6) is 0. The number of hydroxylamine groups is 4. The quantitative estimate of drug-likeness (QED) is 0.306. The molecule has 0 atom stereocenters. The lowest BCUT2D eigenvalue weighted by molar-refractivity contribution is -1.24. The maximum atomic E-state index is 9.53. The van der Waals surface area contributed by atoms with Gasteiger partial charge in [0.25, 0.3) is 0 Å². The Morgan fingerprint density at radius 3 is 1.42 bits per heavy atom. The SMILES string of the molecule is CCCCCCCCCCCC[N+](O)(O)CCC.[Br-]. The van der Waals surface area contributed by atoms with Crippen LogP contribution < -0.4 is 17.0 Å². The number of rotatable bonds is 13. The zero-order chi connectivity index (χ0) is 13.7. The summed E-state index contributed by atoms with van der Waals surface area (Å²) in [7, 11) is 0. The van der Waals surface area contributed by atoms with Gasteiger partial charge in [0.15, 0.2) is 0 Å². The maximum Gasteiger partial charge on any atom is 0.142 e. The molecular formula is C15H34BrNO2. The van der Waals surface area contributed by atoms with Crippen molar-refractivity contribution in [1.29, 1.82) is 0 Å². The highest BCUT2D eigenvalue weighted by Gasteiger charge is 2.19. The lowest BCUT2D eigenvalue weighted by atomic mass is 10.1. The molecule has 0 aliphatic heterocycles. The van der Waals surface area contributed by atoms with Crippen LogP contribution in [0.25, 0.3) is 0 Å². The fourth-order valence-corrected chi connectivity index (χ4v) is 2.32. The molecule has 0 aliphatic carbocycles. The summed E-state index contributed by atoms with van der Waals surface area (Å²) in [6.07, 6.45) is 13.6. The van der Waals surface area contributed by atoms with Crippen LogP contribution in [0.3, 0.4) is 0 Å². The number of unbranched alkanes of at least 4 members (excludes halogenated alkanes) is 9. The molecule has 0 saturated heterocycles. The number of quaternary nitrogens is 1. The van der Waals surface area contributed by atoms with E-state index in [1.807, 2.05) is 6.92 Å². The van der Waals surface area contributed by atoms with Crippen molar-refractivity contribution >= 4 is 0 Å². The van der Waals surface area contributed by atoms with E-state index in [4.69, 9.17) is 0 Å². The van der Waals surface area contributed by atoms with E-state index in [1.165, 1.54) is 51.4 Å². The second-order valence-electron chi connectivity index (χ2n) is 5.51. The van der Waals surface area contributed by atoms with Crippen LogP contribution >= 0.6 is 0 Å². The van der Waals surface area contributed by atoms with Gasteiger partial charge in [0.05, 0.1) is 0 Å². The minimum atomic E-state index is -0.784. The topological polar surface area (TPSA) is 40.5 Å². The molecule has 0 spiro atoms.